The average molecular weight is 238 g/mol. The number of hydrogen-bond donors (Lipinski definition) is 0. The molecule has 92 valence electrons. The van der Waals surface area contributed by atoms with Crippen LogP contribution in [0.5, 0.6) is 0 Å². The van der Waals surface area contributed by atoms with Crippen LogP contribution < -0.4 is 0 Å². The van der Waals surface area contributed by atoms with Gasteiger partial charge in [0, 0.05) is 0 Å². The van der Waals surface area contributed by atoms with E-state index in [1.807, 2.05) is 0 Å². The average Bonchev–Trinajstić information content (AvgIpc) is 2.14. The van der Waals surface area contributed by atoms with Crippen molar-refractivity contribution in [1.82, 2.24) is 9.97 Å². The van der Waals surface area contributed by atoms with Gasteiger partial charge in [-0.3, -0.25) is 4.79 Å². The minimum Gasteiger partial charge on any atom is -0.460 e. The van der Waals surface area contributed by atoms with Crippen molar-refractivity contribution in [1.29, 1.82) is 0 Å². The normalized spacial score (nSPS) is 11.1. The second-order valence-electron chi connectivity index (χ2n) is 4.59. The Labute approximate surface area is 99.5 Å². The van der Waals surface area contributed by atoms with Crippen molar-refractivity contribution in [3.8, 4) is 0 Å². The van der Waals surface area contributed by atoms with Gasteiger partial charge in [0.05, 0.1) is 12.6 Å². The van der Waals surface area contributed by atoms with Gasteiger partial charge < -0.3 is 4.74 Å². The zero-order valence-electron chi connectivity index (χ0n) is 10.2. The molecule has 0 aliphatic carbocycles. The van der Waals surface area contributed by atoms with E-state index in [0.29, 0.717) is 0 Å². The first-order chi connectivity index (χ1) is 7.79. The molecule has 4 nitrogen and oxygen atoms in total. The number of carbonyl (C=O) groups excluding carboxylic acids is 1. The molecule has 0 radical (unpaired) electrons. The Hall–Kier alpha value is -1.78. The summed E-state index contributed by atoms with van der Waals surface area (Å²) in [4.78, 5) is 18.8. The molecule has 0 atom stereocenters. The van der Waals surface area contributed by atoms with Crippen molar-refractivity contribution < 1.29 is 13.9 Å². The quantitative estimate of drug-likeness (QED) is 0.758. The lowest BCUT2D eigenvalue weighted by Gasteiger charge is -2.19. The molecule has 0 fully saturated rings. The molecule has 0 unspecified atom stereocenters. The maximum absolute atomic E-state index is 13.3. The van der Waals surface area contributed by atoms with Crippen LogP contribution in [0.1, 0.15) is 32.9 Å². The summed E-state index contributed by atoms with van der Waals surface area (Å²) in [7, 11) is 0. The fourth-order valence-electron chi connectivity index (χ4n) is 1.21. The lowest BCUT2D eigenvalue weighted by atomic mass is 10.1. The second-order valence-corrected chi connectivity index (χ2v) is 4.59. The summed E-state index contributed by atoms with van der Waals surface area (Å²) >= 11 is 0. The zero-order chi connectivity index (χ0) is 13.1. The van der Waals surface area contributed by atoms with Crippen molar-refractivity contribution in [2.75, 3.05) is 0 Å². The van der Waals surface area contributed by atoms with Crippen LogP contribution in [0.2, 0.25) is 0 Å². The van der Waals surface area contributed by atoms with E-state index < -0.39 is 17.4 Å². The molecular weight excluding hydrogens is 223 g/mol. The summed E-state index contributed by atoms with van der Waals surface area (Å²) in [6.45, 7) is 8.91. The topological polar surface area (TPSA) is 52.1 Å². The molecule has 1 heterocycles. The summed E-state index contributed by atoms with van der Waals surface area (Å²) in [5.41, 5.74) is -0.244. The van der Waals surface area contributed by atoms with Crippen LogP contribution in [0.15, 0.2) is 19.1 Å². The lowest BCUT2D eigenvalue weighted by Crippen LogP contribution is -2.23. The Bertz CT molecular complexity index is 438. The smallest absolute Gasteiger partial charge is 0.310 e. The highest BCUT2D eigenvalue weighted by Gasteiger charge is 2.18. The Morgan fingerprint density at radius 3 is 2.71 bits per heavy atom. The number of carbonyl (C=O) groups is 1. The second kappa shape index (κ2) is 5.03. The van der Waals surface area contributed by atoms with Crippen LogP contribution >= 0.6 is 0 Å². The minimum atomic E-state index is -0.596. The Morgan fingerprint density at radius 2 is 2.18 bits per heavy atom. The molecule has 0 aliphatic rings. The number of hydrogen-bond acceptors (Lipinski definition) is 4. The third kappa shape index (κ3) is 4.30. The van der Waals surface area contributed by atoms with Gasteiger partial charge in [-0.05, 0) is 26.3 Å². The van der Waals surface area contributed by atoms with Crippen molar-refractivity contribution in [2.24, 2.45) is 0 Å². The first-order valence-corrected chi connectivity index (χ1v) is 5.15. The Kier molecular flexibility index (Phi) is 3.93. The summed E-state index contributed by atoms with van der Waals surface area (Å²) in [6, 6.07) is 0. The van der Waals surface area contributed by atoms with Gasteiger partial charge in [0.15, 0.2) is 5.82 Å². The summed E-state index contributed by atoms with van der Waals surface area (Å²) in [6.07, 6.45) is 2.15. The molecular formula is C12H15FN2O2. The predicted octanol–water partition coefficient (Wildman–Crippen LogP) is 2.36. The highest BCUT2D eigenvalue weighted by molar-refractivity contribution is 5.83. The van der Waals surface area contributed by atoms with Crippen LogP contribution in [0.3, 0.4) is 0 Å². The lowest BCUT2D eigenvalue weighted by molar-refractivity contribution is -0.153. The van der Waals surface area contributed by atoms with Gasteiger partial charge in [-0.2, -0.15) is 0 Å². The van der Waals surface area contributed by atoms with E-state index in [9.17, 15) is 9.18 Å². The van der Waals surface area contributed by atoms with E-state index in [4.69, 9.17) is 4.74 Å². The van der Waals surface area contributed by atoms with Gasteiger partial charge in [-0.1, -0.05) is 6.58 Å². The van der Waals surface area contributed by atoms with Crippen molar-refractivity contribution in [3.63, 3.8) is 0 Å². The number of halogens is 1. The standard InChI is InChI=1S/C12H15FN2O2/c1-8(5-10(16)17-12(2,3)4)11-9(13)6-14-7-15-11/h6-7H,1,5H2,2-4H3. The maximum Gasteiger partial charge on any atom is 0.310 e. The summed E-state index contributed by atoms with van der Waals surface area (Å²) < 4.78 is 18.4. The first-order valence-electron chi connectivity index (χ1n) is 5.15. The minimum absolute atomic E-state index is 0.0471. The van der Waals surface area contributed by atoms with Crippen LogP contribution in [0.4, 0.5) is 4.39 Å². The fraction of sp³-hybridized carbons (Fsp3) is 0.417. The molecule has 0 saturated heterocycles. The van der Waals surface area contributed by atoms with E-state index in [0.717, 1.165) is 6.20 Å². The van der Waals surface area contributed by atoms with Crippen molar-refractivity contribution in [3.05, 3.63) is 30.6 Å². The molecule has 0 aromatic carbocycles. The van der Waals surface area contributed by atoms with Crippen LogP contribution in [0, 0.1) is 5.82 Å². The molecule has 0 aliphatic heterocycles. The van der Waals surface area contributed by atoms with E-state index in [2.05, 4.69) is 16.5 Å². The molecule has 0 saturated carbocycles. The first kappa shape index (κ1) is 13.3. The van der Waals surface area contributed by atoms with Gasteiger partial charge in [-0.15, -0.1) is 0 Å². The molecule has 0 amide bonds. The van der Waals surface area contributed by atoms with Crippen molar-refractivity contribution >= 4 is 11.5 Å². The largest absolute Gasteiger partial charge is 0.460 e. The van der Waals surface area contributed by atoms with Crippen molar-refractivity contribution in [2.45, 2.75) is 32.8 Å². The summed E-state index contributed by atoms with van der Waals surface area (Å²) in [5, 5.41) is 0. The van der Waals surface area contributed by atoms with Gasteiger partial charge in [0.2, 0.25) is 0 Å². The van der Waals surface area contributed by atoms with Crippen LogP contribution in [0.25, 0.3) is 5.57 Å². The molecule has 1 rings (SSSR count). The highest BCUT2D eigenvalue weighted by Crippen LogP contribution is 2.18. The number of ether oxygens (including phenoxy) is 1. The molecule has 17 heavy (non-hydrogen) atoms. The SMILES string of the molecule is C=C(CC(=O)OC(C)(C)C)c1ncncc1F. The van der Waals surface area contributed by atoms with Gasteiger partial charge >= 0.3 is 5.97 Å². The molecule has 0 spiro atoms. The van der Waals surface area contributed by atoms with Gasteiger partial charge in [-0.25, -0.2) is 14.4 Å². The Balaban J connectivity index is 2.68. The summed E-state index contributed by atoms with van der Waals surface area (Å²) in [5.74, 6) is -1.05. The number of rotatable bonds is 3. The molecule has 5 heteroatoms. The number of aromatic nitrogens is 2. The molecule has 0 N–H and O–H groups in total. The fourth-order valence-corrected chi connectivity index (χ4v) is 1.21. The van der Waals surface area contributed by atoms with E-state index in [-0.39, 0.29) is 17.7 Å². The highest BCUT2D eigenvalue weighted by atomic mass is 19.1. The Morgan fingerprint density at radius 1 is 1.53 bits per heavy atom. The maximum atomic E-state index is 13.3. The van der Waals surface area contributed by atoms with Crippen LogP contribution in [-0.2, 0) is 9.53 Å². The number of esters is 1. The third-order valence-corrected chi connectivity index (χ3v) is 1.78. The van der Waals surface area contributed by atoms with E-state index in [1.54, 1.807) is 20.8 Å². The molecule has 1 aromatic rings. The van der Waals surface area contributed by atoms with E-state index in [1.165, 1.54) is 6.33 Å². The predicted molar refractivity (Wildman–Crippen MR) is 61.5 cm³/mol. The van der Waals surface area contributed by atoms with Gasteiger partial charge in [0.1, 0.15) is 17.6 Å². The molecule has 1 aromatic heterocycles. The number of nitrogens with zero attached hydrogens (tertiary/aromatic N) is 2. The van der Waals surface area contributed by atoms with Crippen LogP contribution in [-0.4, -0.2) is 21.5 Å². The molecule has 0 bridgehead atoms. The zero-order valence-corrected chi connectivity index (χ0v) is 10.2. The third-order valence-electron chi connectivity index (χ3n) is 1.78. The monoisotopic (exact) mass is 238 g/mol. The van der Waals surface area contributed by atoms with E-state index >= 15 is 0 Å². The van der Waals surface area contributed by atoms with Gasteiger partial charge in [0.25, 0.3) is 0 Å².